The first-order valence-electron chi connectivity index (χ1n) is 9.12. The molecule has 0 radical (unpaired) electrons. The SMILES string of the molecule is COC(=O)C1=C(C(=O)OC)N(c2cc(Oc3ccc(F)cc3)cc([N+](=O)[O-])c2)C=CC=C1. The Bertz CT molecular complexity index is 1150. The summed E-state index contributed by atoms with van der Waals surface area (Å²) in [5.74, 6) is -1.85. The van der Waals surface area contributed by atoms with Gasteiger partial charge >= 0.3 is 11.9 Å². The van der Waals surface area contributed by atoms with Gasteiger partial charge in [-0.25, -0.2) is 14.0 Å². The number of allylic oxidation sites excluding steroid dienone is 2. The van der Waals surface area contributed by atoms with Gasteiger partial charge < -0.3 is 19.1 Å². The largest absolute Gasteiger partial charge is 0.465 e. The summed E-state index contributed by atoms with van der Waals surface area (Å²) in [7, 11) is 2.29. The molecule has 0 spiro atoms. The number of non-ortho nitro benzene ring substituents is 1. The van der Waals surface area contributed by atoms with Crippen LogP contribution in [0.5, 0.6) is 11.5 Å². The van der Waals surface area contributed by atoms with Crippen LogP contribution in [-0.2, 0) is 19.1 Å². The van der Waals surface area contributed by atoms with Gasteiger partial charge in [0.2, 0.25) is 0 Å². The summed E-state index contributed by atoms with van der Waals surface area (Å²) in [4.78, 5) is 37.0. The highest BCUT2D eigenvalue weighted by molar-refractivity contribution is 6.05. The van der Waals surface area contributed by atoms with E-state index in [2.05, 4.69) is 0 Å². The molecule has 0 aliphatic carbocycles. The van der Waals surface area contributed by atoms with Crippen LogP contribution in [0.25, 0.3) is 0 Å². The Hall–Kier alpha value is -4.47. The predicted molar refractivity (Wildman–Crippen MR) is 111 cm³/mol. The molecule has 0 saturated heterocycles. The molecule has 3 rings (SSSR count). The average molecular weight is 440 g/mol. The number of hydrogen-bond donors (Lipinski definition) is 0. The molecule has 0 fully saturated rings. The minimum absolute atomic E-state index is 0.0512. The van der Waals surface area contributed by atoms with Gasteiger partial charge in [0.1, 0.15) is 23.0 Å². The van der Waals surface area contributed by atoms with E-state index in [1.165, 1.54) is 71.8 Å². The Morgan fingerprint density at radius 1 is 0.969 bits per heavy atom. The molecule has 9 nitrogen and oxygen atoms in total. The van der Waals surface area contributed by atoms with Crippen molar-refractivity contribution in [1.29, 1.82) is 0 Å². The fourth-order valence-electron chi connectivity index (χ4n) is 2.88. The van der Waals surface area contributed by atoms with Crippen molar-refractivity contribution in [2.75, 3.05) is 19.1 Å². The standard InChI is InChI=1S/C22H17FN2O7/c1-30-21(26)19-5-3-4-10-24(20(19)22(27)31-2)15-11-16(25(28)29)13-18(12-15)32-17-8-6-14(23)7-9-17/h3-13H,1-2H3. The first-order valence-corrected chi connectivity index (χ1v) is 9.12. The van der Waals surface area contributed by atoms with Crippen molar-refractivity contribution in [3.8, 4) is 11.5 Å². The van der Waals surface area contributed by atoms with Crippen molar-refractivity contribution < 1.29 is 33.1 Å². The van der Waals surface area contributed by atoms with Crippen LogP contribution in [0.1, 0.15) is 0 Å². The third-order valence-corrected chi connectivity index (χ3v) is 4.30. The van der Waals surface area contributed by atoms with Gasteiger partial charge in [-0.1, -0.05) is 6.08 Å². The lowest BCUT2D eigenvalue weighted by atomic mass is 10.1. The second-order valence-electron chi connectivity index (χ2n) is 6.31. The molecule has 0 unspecified atom stereocenters. The van der Waals surface area contributed by atoms with E-state index in [1.54, 1.807) is 0 Å². The maximum absolute atomic E-state index is 13.2. The molecule has 1 aliphatic heterocycles. The first-order chi connectivity index (χ1) is 15.3. The minimum atomic E-state index is -0.867. The Balaban J connectivity index is 2.15. The number of methoxy groups -OCH3 is 2. The lowest BCUT2D eigenvalue weighted by molar-refractivity contribution is -0.384. The monoisotopic (exact) mass is 440 g/mol. The average Bonchev–Trinajstić information content (AvgIpc) is 3.02. The number of anilines is 1. The van der Waals surface area contributed by atoms with E-state index in [4.69, 9.17) is 14.2 Å². The van der Waals surface area contributed by atoms with E-state index in [1.807, 2.05) is 0 Å². The van der Waals surface area contributed by atoms with Crippen LogP contribution in [0.3, 0.4) is 0 Å². The van der Waals surface area contributed by atoms with E-state index in [0.717, 1.165) is 14.2 Å². The Labute approximate surface area is 181 Å². The molecule has 0 N–H and O–H groups in total. The maximum atomic E-state index is 13.2. The summed E-state index contributed by atoms with van der Waals surface area (Å²) in [5, 5.41) is 11.5. The van der Waals surface area contributed by atoms with Crippen LogP contribution in [0.4, 0.5) is 15.8 Å². The molecule has 2 aromatic carbocycles. The van der Waals surface area contributed by atoms with Crippen LogP contribution in [0, 0.1) is 15.9 Å². The van der Waals surface area contributed by atoms with E-state index < -0.39 is 22.7 Å². The van der Waals surface area contributed by atoms with E-state index >= 15 is 0 Å². The highest BCUT2D eigenvalue weighted by Crippen LogP contribution is 2.35. The number of nitro groups is 1. The molecule has 1 heterocycles. The van der Waals surface area contributed by atoms with Crippen LogP contribution in [-0.4, -0.2) is 31.1 Å². The Morgan fingerprint density at radius 3 is 2.28 bits per heavy atom. The van der Waals surface area contributed by atoms with E-state index in [-0.39, 0.29) is 34.1 Å². The number of halogens is 1. The summed E-state index contributed by atoms with van der Waals surface area (Å²) in [6, 6.07) is 8.87. The molecule has 0 atom stereocenters. The zero-order valence-electron chi connectivity index (χ0n) is 17.0. The number of rotatable bonds is 6. The number of hydrogen-bond acceptors (Lipinski definition) is 8. The van der Waals surface area contributed by atoms with Gasteiger partial charge in [-0.15, -0.1) is 0 Å². The summed E-state index contributed by atoms with van der Waals surface area (Å²) in [6.45, 7) is 0. The lowest BCUT2D eigenvalue weighted by Gasteiger charge is -2.23. The number of nitrogens with zero attached hydrogens (tertiary/aromatic N) is 2. The van der Waals surface area contributed by atoms with Gasteiger partial charge in [0.25, 0.3) is 5.69 Å². The first kappa shape index (κ1) is 22.2. The normalized spacial score (nSPS) is 12.9. The molecule has 0 saturated carbocycles. The van der Waals surface area contributed by atoms with Gasteiger partial charge in [0.05, 0.1) is 36.5 Å². The van der Waals surface area contributed by atoms with Crippen LogP contribution in [0.2, 0.25) is 0 Å². The van der Waals surface area contributed by atoms with Crippen LogP contribution in [0.15, 0.2) is 78.2 Å². The lowest BCUT2D eigenvalue weighted by Crippen LogP contribution is -2.27. The van der Waals surface area contributed by atoms with Gasteiger partial charge in [0, 0.05) is 18.3 Å². The maximum Gasteiger partial charge on any atom is 0.355 e. The van der Waals surface area contributed by atoms with Gasteiger partial charge in [-0.2, -0.15) is 0 Å². The molecule has 164 valence electrons. The van der Waals surface area contributed by atoms with Crippen molar-refractivity contribution in [1.82, 2.24) is 0 Å². The molecule has 0 aromatic heterocycles. The predicted octanol–water partition coefficient (Wildman–Crippen LogP) is 4.02. The number of carbonyl (C=O) groups excluding carboxylic acids is 2. The molecule has 1 aliphatic rings. The number of esters is 2. The highest BCUT2D eigenvalue weighted by Gasteiger charge is 2.28. The van der Waals surface area contributed by atoms with Gasteiger partial charge in [-0.3, -0.25) is 10.1 Å². The smallest absolute Gasteiger partial charge is 0.355 e. The second kappa shape index (κ2) is 9.56. The molecular formula is C22H17FN2O7. The van der Waals surface area contributed by atoms with Crippen molar-refractivity contribution in [3.63, 3.8) is 0 Å². The van der Waals surface area contributed by atoms with Gasteiger partial charge in [-0.05, 0) is 36.4 Å². The topological polar surface area (TPSA) is 108 Å². The van der Waals surface area contributed by atoms with Crippen molar-refractivity contribution in [3.05, 3.63) is 94.1 Å². The quantitative estimate of drug-likeness (QED) is 0.377. The number of nitro benzene ring substituents is 1. The zero-order valence-corrected chi connectivity index (χ0v) is 17.0. The number of benzene rings is 2. The summed E-state index contributed by atoms with van der Waals surface area (Å²) < 4.78 is 28.4. The summed E-state index contributed by atoms with van der Waals surface area (Å²) in [6.07, 6.45) is 5.82. The van der Waals surface area contributed by atoms with Crippen molar-refractivity contribution in [2.24, 2.45) is 0 Å². The third kappa shape index (κ3) is 4.81. The number of carbonyl (C=O) groups is 2. The minimum Gasteiger partial charge on any atom is -0.465 e. The van der Waals surface area contributed by atoms with E-state index in [0.29, 0.717) is 0 Å². The summed E-state index contributed by atoms with van der Waals surface area (Å²) in [5.41, 5.74) is -0.526. The third-order valence-electron chi connectivity index (χ3n) is 4.30. The Morgan fingerprint density at radius 2 is 1.66 bits per heavy atom. The van der Waals surface area contributed by atoms with Crippen LogP contribution < -0.4 is 9.64 Å². The Kier molecular flexibility index (Phi) is 6.64. The zero-order chi connectivity index (χ0) is 23.3. The second-order valence-corrected chi connectivity index (χ2v) is 6.31. The fourth-order valence-corrected chi connectivity index (χ4v) is 2.88. The number of ether oxygens (including phenoxy) is 3. The molecular weight excluding hydrogens is 423 g/mol. The molecule has 10 heteroatoms. The molecule has 2 aromatic rings. The summed E-state index contributed by atoms with van der Waals surface area (Å²) >= 11 is 0. The molecule has 0 amide bonds. The molecule has 0 bridgehead atoms. The highest BCUT2D eigenvalue weighted by atomic mass is 19.1. The van der Waals surface area contributed by atoms with Gasteiger partial charge in [0.15, 0.2) is 0 Å². The van der Waals surface area contributed by atoms with E-state index in [9.17, 15) is 24.1 Å². The fraction of sp³-hybridized carbons (Fsp3) is 0.0909. The van der Waals surface area contributed by atoms with Crippen molar-refractivity contribution >= 4 is 23.3 Å². The van der Waals surface area contributed by atoms with Crippen molar-refractivity contribution in [2.45, 2.75) is 0 Å². The molecule has 32 heavy (non-hydrogen) atoms. The van der Waals surface area contributed by atoms with Crippen LogP contribution >= 0.6 is 0 Å².